The number of phenolic OH excluding ortho intramolecular Hbond substituents is 1. The van der Waals surface area contributed by atoms with Crippen molar-refractivity contribution in [1.82, 2.24) is 10.6 Å². The first-order valence-corrected chi connectivity index (χ1v) is 4.38. The minimum atomic E-state index is 0.395. The van der Waals surface area contributed by atoms with Gasteiger partial charge in [-0.1, -0.05) is 18.2 Å². The molecule has 0 bridgehead atoms. The summed E-state index contributed by atoms with van der Waals surface area (Å²) in [6, 6.07) is 5.80. The van der Waals surface area contributed by atoms with Crippen molar-refractivity contribution in [2.45, 2.75) is 13.1 Å². The third kappa shape index (κ3) is 2.44. The van der Waals surface area contributed by atoms with E-state index >= 15 is 0 Å². The van der Waals surface area contributed by atoms with Crippen molar-refractivity contribution in [1.29, 1.82) is 0 Å². The van der Waals surface area contributed by atoms with E-state index in [4.69, 9.17) is 0 Å². The highest BCUT2D eigenvalue weighted by molar-refractivity contribution is 5.40. The highest BCUT2D eigenvalue weighted by Gasteiger charge is 2.04. The number of nitrogens with one attached hydrogen (secondary N) is 2. The molecule has 0 atom stereocenters. The van der Waals surface area contributed by atoms with Crippen molar-refractivity contribution in [3.63, 3.8) is 0 Å². The second kappa shape index (κ2) is 4.84. The molecule has 0 saturated heterocycles. The number of aromatic hydroxyl groups is 1. The first kappa shape index (κ1) is 10.0. The molecule has 3 N–H and O–H groups in total. The lowest BCUT2D eigenvalue weighted by Gasteiger charge is -2.08. The summed E-state index contributed by atoms with van der Waals surface area (Å²) in [4.78, 5) is 0. The minimum absolute atomic E-state index is 0.395. The molecular formula is C10H16N2O. The van der Waals surface area contributed by atoms with Gasteiger partial charge >= 0.3 is 0 Å². The van der Waals surface area contributed by atoms with Crippen LogP contribution in [0.3, 0.4) is 0 Å². The van der Waals surface area contributed by atoms with Crippen LogP contribution in [0.15, 0.2) is 18.2 Å². The molecule has 0 spiro atoms. The summed E-state index contributed by atoms with van der Waals surface area (Å²) in [5.41, 5.74) is 1.88. The average Bonchev–Trinajstić information content (AvgIpc) is 2.13. The molecule has 1 rings (SSSR count). The standard InChI is InChI=1S/C10H16N2O/c1-11-6-8-4-3-5-9(7-12-2)10(8)13/h3-5,11-13H,6-7H2,1-2H3. The highest BCUT2D eigenvalue weighted by atomic mass is 16.3. The Labute approximate surface area is 78.8 Å². The summed E-state index contributed by atoms with van der Waals surface area (Å²) in [5, 5.41) is 15.8. The van der Waals surface area contributed by atoms with Crippen LogP contribution in [-0.2, 0) is 13.1 Å². The first-order valence-electron chi connectivity index (χ1n) is 4.38. The van der Waals surface area contributed by atoms with Crippen LogP contribution < -0.4 is 10.6 Å². The number of hydrogen-bond acceptors (Lipinski definition) is 3. The second-order valence-corrected chi connectivity index (χ2v) is 2.99. The maximum absolute atomic E-state index is 9.77. The molecule has 0 aliphatic carbocycles. The number of benzene rings is 1. The number of hydrogen-bond donors (Lipinski definition) is 3. The Morgan fingerprint density at radius 3 is 1.92 bits per heavy atom. The molecule has 3 nitrogen and oxygen atoms in total. The maximum Gasteiger partial charge on any atom is 0.124 e. The SMILES string of the molecule is CNCc1cccc(CNC)c1O. The van der Waals surface area contributed by atoms with Crippen molar-refractivity contribution in [2.75, 3.05) is 14.1 Å². The van der Waals surface area contributed by atoms with Crippen LogP contribution >= 0.6 is 0 Å². The zero-order valence-electron chi connectivity index (χ0n) is 8.09. The van der Waals surface area contributed by atoms with Crippen LogP contribution in [0.25, 0.3) is 0 Å². The summed E-state index contributed by atoms with van der Waals surface area (Å²) in [6.45, 7) is 1.40. The quantitative estimate of drug-likeness (QED) is 0.643. The van der Waals surface area contributed by atoms with E-state index in [2.05, 4.69) is 10.6 Å². The van der Waals surface area contributed by atoms with Gasteiger partial charge < -0.3 is 15.7 Å². The highest BCUT2D eigenvalue weighted by Crippen LogP contribution is 2.21. The fourth-order valence-electron chi connectivity index (χ4n) is 1.31. The van der Waals surface area contributed by atoms with Crippen LogP contribution in [0.4, 0.5) is 0 Å². The normalized spacial score (nSPS) is 10.3. The van der Waals surface area contributed by atoms with Gasteiger partial charge in [0, 0.05) is 24.2 Å². The van der Waals surface area contributed by atoms with Gasteiger partial charge in [-0.25, -0.2) is 0 Å². The Morgan fingerprint density at radius 1 is 1.08 bits per heavy atom. The van der Waals surface area contributed by atoms with Gasteiger partial charge in [0.15, 0.2) is 0 Å². The zero-order chi connectivity index (χ0) is 9.68. The molecule has 13 heavy (non-hydrogen) atoms. The van der Waals surface area contributed by atoms with E-state index in [1.807, 2.05) is 32.3 Å². The molecule has 0 aromatic heterocycles. The summed E-state index contributed by atoms with van der Waals surface area (Å²) in [5.74, 6) is 0.395. The average molecular weight is 180 g/mol. The first-order chi connectivity index (χ1) is 6.29. The van der Waals surface area contributed by atoms with Crippen LogP contribution in [-0.4, -0.2) is 19.2 Å². The number of para-hydroxylation sites is 1. The monoisotopic (exact) mass is 180 g/mol. The third-order valence-electron chi connectivity index (χ3n) is 1.94. The van der Waals surface area contributed by atoms with Gasteiger partial charge in [0.2, 0.25) is 0 Å². The topological polar surface area (TPSA) is 44.3 Å². The smallest absolute Gasteiger partial charge is 0.124 e. The van der Waals surface area contributed by atoms with Crippen molar-refractivity contribution in [3.05, 3.63) is 29.3 Å². The predicted molar refractivity (Wildman–Crippen MR) is 53.6 cm³/mol. The molecule has 0 aliphatic rings. The lowest BCUT2D eigenvalue weighted by atomic mass is 10.1. The molecule has 1 aromatic rings. The number of phenols is 1. The number of rotatable bonds is 4. The van der Waals surface area contributed by atoms with Crippen LogP contribution in [0.5, 0.6) is 5.75 Å². The molecule has 0 fully saturated rings. The fourth-order valence-corrected chi connectivity index (χ4v) is 1.31. The van der Waals surface area contributed by atoms with Crippen molar-refractivity contribution in [2.24, 2.45) is 0 Å². The zero-order valence-corrected chi connectivity index (χ0v) is 8.09. The molecule has 3 heteroatoms. The van der Waals surface area contributed by atoms with Crippen molar-refractivity contribution in [3.8, 4) is 5.75 Å². The maximum atomic E-state index is 9.77. The Balaban J connectivity index is 2.89. The van der Waals surface area contributed by atoms with Gasteiger partial charge in [-0.3, -0.25) is 0 Å². The van der Waals surface area contributed by atoms with Crippen molar-refractivity contribution < 1.29 is 5.11 Å². The van der Waals surface area contributed by atoms with Gasteiger partial charge in [-0.2, -0.15) is 0 Å². The van der Waals surface area contributed by atoms with E-state index < -0.39 is 0 Å². The predicted octanol–water partition coefficient (Wildman–Crippen LogP) is 0.831. The van der Waals surface area contributed by atoms with E-state index in [0.29, 0.717) is 18.8 Å². The molecule has 1 aromatic carbocycles. The third-order valence-corrected chi connectivity index (χ3v) is 1.94. The Bertz CT molecular complexity index is 249. The summed E-state index contributed by atoms with van der Waals surface area (Å²) >= 11 is 0. The lowest BCUT2D eigenvalue weighted by Crippen LogP contribution is -2.09. The largest absolute Gasteiger partial charge is 0.507 e. The van der Waals surface area contributed by atoms with Crippen LogP contribution in [0.2, 0.25) is 0 Å². The van der Waals surface area contributed by atoms with E-state index in [1.54, 1.807) is 0 Å². The van der Waals surface area contributed by atoms with E-state index in [9.17, 15) is 5.11 Å². The molecule has 0 amide bonds. The minimum Gasteiger partial charge on any atom is -0.507 e. The Hall–Kier alpha value is -1.06. The van der Waals surface area contributed by atoms with Gasteiger partial charge in [-0.15, -0.1) is 0 Å². The van der Waals surface area contributed by atoms with Crippen LogP contribution in [0, 0.1) is 0 Å². The van der Waals surface area contributed by atoms with Gasteiger partial charge in [0.25, 0.3) is 0 Å². The molecule has 0 aliphatic heterocycles. The lowest BCUT2D eigenvalue weighted by molar-refractivity contribution is 0.457. The summed E-state index contributed by atoms with van der Waals surface area (Å²) in [7, 11) is 3.73. The van der Waals surface area contributed by atoms with E-state index in [-0.39, 0.29) is 0 Å². The fraction of sp³-hybridized carbons (Fsp3) is 0.400. The van der Waals surface area contributed by atoms with Gasteiger partial charge in [-0.05, 0) is 14.1 Å². The summed E-state index contributed by atoms with van der Waals surface area (Å²) < 4.78 is 0. The van der Waals surface area contributed by atoms with Crippen molar-refractivity contribution >= 4 is 0 Å². The Kier molecular flexibility index (Phi) is 3.73. The van der Waals surface area contributed by atoms with Gasteiger partial charge in [0.1, 0.15) is 5.75 Å². The second-order valence-electron chi connectivity index (χ2n) is 2.99. The van der Waals surface area contributed by atoms with E-state index in [0.717, 1.165) is 11.1 Å². The van der Waals surface area contributed by atoms with Crippen LogP contribution in [0.1, 0.15) is 11.1 Å². The summed E-state index contributed by atoms with van der Waals surface area (Å²) in [6.07, 6.45) is 0. The van der Waals surface area contributed by atoms with E-state index in [1.165, 1.54) is 0 Å². The molecular weight excluding hydrogens is 164 g/mol. The molecule has 0 saturated carbocycles. The molecule has 0 unspecified atom stereocenters. The molecule has 0 radical (unpaired) electrons. The Morgan fingerprint density at radius 2 is 1.54 bits per heavy atom. The molecule has 72 valence electrons. The molecule has 0 heterocycles. The van der Waals surface area contributed by atoms with Gasteiger partial charge in [0.05, 0.1) is 0 Å².